The molecule has 0 spiro atoms. The standard InChI is InChI=1S/C17H18N2O2/c1-11-4-2-7-15(16(11)20)19-17(21)14-6-3-5-12-10-18-9-8-13(12)14/h2-7,18,20H,8-10H2,1H3,(H,19,21). The Bertz CT molecular complexity index is 695. The van der Waals surface area contributed by atoms with E-state index in [-0.39, 0.29) is 11.7 Å². The molecule has 108 valence electrons. The number of amides is 1. The number of aromatic hydroxyl groups is 1. The third kappa shape index (κ3) is 2.62. The number of carbonyl (C=O) groups excluding carboxylic acids is 1. The number of carbonyl (C=O) groups is 1. The molecule has 2 aromatic carbocycles. The average Bonchev–Trinajstić information content (AvgIpc) is 2.51. The van der Waals surface area contributed by atoms with Gasteiger partial charge in [-0.3, -0.25) is 4.79 Å². The lowest BCUT2D eigenvalue weighted by Crippen LogP contribution is -2.26. The average molecular weight is 282 g/mol. The van der Waals surface area contributed by atoms with Crippen molar-refractivity contribution in [3.05, 3.63) is 58.7 Å². The molecule has 1 amide bonds. The van der Waals surface area contributed by atoms with Crippen molar-refractivity contribution < 1.29 is 9.90 Å². The Kier molecular flexibility index (Phi) is 3.62. The summed E-state index contributed by atoms with van der Waals surface area (Å²) < 4.78 is 0. The van der Waals surface area contributed by atoms with E-state index in [0.717, 1.165) is 30.6 Å². The molecule has 0 unspecified atom stereocenters. The van der Waals surface area contributed by atoms with Crippen LogP contribution in [0.4, 0.5) is 5.69 Å². The third-order valence-corrected chi connectivity index (χ3v) is 3.87. The summed E-state index contributed by atoms with van der Waals surface area (Å²) in [6.07, 6.45) is 0.846. The van der Waals surface area contributed by atoms with E-state index in [1.807, 2.05) is 24.3 Å². The lowest BCUT2D eigenvalue weighted by Gasteiger charge is -2.20. The predicted octanol–water partition coefficient (Wildman–Crippen LogP) is 2.60. The quantitative estimate of drug-likeness (QED) is 0.742. The van der Waals surface area contributed by atoms with E-state index in [0.29, 0.717) is 11.3 Å². The van der Waals surface area contributed by atoms with E-state index in [9.17, 15) is 9.90 Å². The van der Waals surface area contributed by atoms with E-state index in [1.165, 1.54) is 5.56 Å². The number of benzene rings is 2. The highest BCUT2D eigenvalue weighted by molar-refractivity contribution is 6.06. The third-order valence-electron chi connectivity index (χ3n) is 3.87. The minimum absolute atomic E-state index is 0.123. The molecule has 1 heterocycles. The molecule has 1 aliphatic heterocycles. The maximum atomic E-state index is 12.5. The molecule has 4 nitrogen and oxygen atoms in total. The summed E-state index contributed by atoms with van der Waals surface area (Å²) in [6, 6.07) is 11.1. The van der Waals surface area contributed by atoms with Crippen LogP contribution in [-0.4, -0.2) is 17.6 Å². The van der Waals surface area contributed by atoms with E-state index >= 15 is 0 Å². The van der Waals surface area contributed by atoms with E-state index < -0.39 is 0 Å². The van der Waals surface area contributed by atoms with Crippen LogP contribution in [0.1, 0.15) is 27.0 Å². The molecule has 0 saturated carbocycles. The highest BCUT2D eigenvalue weighted by Gasteiger charge is 2.18. The molecule has 1 aliphatic rings. The van der Waals surface area contributed by atoms with E-state index in [1.54, 1.807) is 19.1 Å². The topological polar surface area (TPSA) is 61.4 Å². The Morgan fingerprint density at radius 3 is 2.90 bits per heavy atom. The maximum Gasteiger partial charge on any atom is 0.256 e. The second-order valence-electron chi connectivity index (χ2n) is 5.30. The first-order valence-corrected chi connectivity index (χ1v) is 7.08. The first-order chi connectivity index (χ1) is 10.2. The molecular weight excluding hydrogens is 264 g/mol. The Balaban J connectivity index is 1.91. The number of phenols is 1. The van der Waals surface area contributed by atoms with Crippen LogP contribution in [0.3, 0.4) is 0 Å². The fourth-order valence-electron chi connectivity index (χ4n) is 2.69. The summed E-state index contributed by atoms with van der Waals surface area (Å²) in [5.74, 6) is -0.0491. The monoisotopic (exact) mass is 282 g/mol. The van der Waals surface area contributed by atoms with Gasteiger partial charge >= 0.3 is 0 Å². The van der Waals surface area contributed by atoms with Crippen molar-refractivity contribution in [3.63, 3.8) is 0 Å². The summed E-state index contributed by atoms with van der Waals surface area (Å²) in [7, 11) is 0. The van der Waals surface area contributed by atoms with Crippen molar-refractivity contribution in [1.82, 2.24) is 5.32 Å². The van der Waals surface area contributed by atoms with Crippen molar-refractivity contribution in [3.8, 4) is 5.75 Å². The van der Waals surface area contributed by atoms with Gasteiger partial charge in [-0.1, -0.05) is 24.3 Å². The van der Waals surface area contributed by atoms with Gasteiger partial charge in [-0.25, -0.2) is 0 Å². The van der Waals surface area contributed by atoms with Gasteiger partial charge in [-0.2, -0.15) is 0 Å². The number of para-hydroxylation sites is 1. The molecule has 0 aromatic heterocycles. The second-order valence-corrected chi connectivity index (χ2v) is 5.30. The highest BCUT2D eigenvalue weighted by atomic mass is 16.3. The second kappa shape index (κ2) is 5.58. The van der Waals surface area contributed by atoms with E-state index in [2.05, 4.69) is 10.6 Å². The van der Waals surface area contributed by atoms with Gasteiger partial charge in [0.25, 0.3) is 5.91 Å². The number of aryl methyl sites for hydroxylation is 1. The van der Waals surface area contributed by atoms with Crippen molar-refractivity contribution in [1.29, 1.82) is 0 Å². The lowest BCUT2D eigenvalue weighted by molar-refractivity contribution is 0.102. The Labute approximate surface area is 123 Å². The molecule has 0 fully saturated rings. The smallest absolute Gasteiger partial charge is 0.256 e. The number of rotatable bonds is 2. The van der Waals surface area contributed by atoms with Crippen LogP contribution in [0.25, 0.3) is 0 Å². The van der Waals surface area contributed by atoms with Gasteiger partial charge in [0.1, 0.15) is 5.75 Å². The van der Waals surface area contributed by atoms with Gasteiger partial charge in [-0.15, -0.1) is 0 Å². The van der Waals surface area contributed by atoms with Crippen LogP contribution in [0, 0.1) is 6.92 Å². The molecule has 0 bridgehead atoms. The van der Waals surface area contributed by atoms with Crippen LogP contribution in [0.15, 0.2) is 36.4 Å². The van der Waals surface area contributed by atoms with Gasteiger partial charge in [0.05, 0.1) is 5.69 Å². The van der Waals surface area contributed by atoms with Crippen molar-refractivity contribution in [2.45, 2.75) is 19.9 Å². The first kappa shape index (κ1) is 13.6. The first-order valence-electron chi connectivity index (χ1n) is 7.08. The fraction of sp³-hybridized carbons (Fsp3) is 0.235. The number of phenolic OH excluding ortho intramolecular Hbond substituents is 1. The summed E-state index contributed by atoms with van der Waals surface area (Å²) in [5.41, 5.74) is 4.15. The Morgan fingerprint density at radius 1 is 1.24 bits per heavy atom. The van der Waals surface area contributed by atoms with Gasteiger partial charge in [0.2, 0.25) is 0 Å². The minimum atomic E-state index is -0.172. The molecule has 4 heteroatoms. The van der Waals surface area contributed by atoms with E-state index in [4.69, 9.17) is 0 Å². The van der Waals surface area contributed by atoms with Gasteiger partial charge in [-0.05, 0) is 48.7 Å². The van der Waals surface area contributed by atoms with Crippen LogP contribution in [0.5, 0.6) is 5.75 Å². The number of hydrogen-bond acceptors (Lipinski definition) is 3. The number of fused-ring (bicyclic) bond motifs is 1. The minimum Gasteiger partial charge on any atom is -0.505 e. The molecule has 0 radical (unpaired) electrons. The van der Waals surface area contributed by atoms with Crippen LogP contribution in [-0.2, 0) is 13.0 Å². The normalized spacial score (nSPS) is 13.6. The van der Waals surface area contributed by atoms with Crippen molar-refractivity contribution in [2.24, 2.45) is 0 Å². The maximum absolute atomic E-state index is 12.5. The number of anilines is 1. The lowest BCUT2D eigenvalue weighted by atomic mass is 9.95. The summed E-state index contributed by atoms with van der Waals surface area (Å²) in [5, 5.41) is 16.1. The summed E-state index contributed by atoms with van der Waals surface area (Å²) in [6.45, 7) is 3.49. The zero-order valence-corrected chi connectivity index (χ0v) is 11.9. The van der Waals surface area contributed by atoms with Gasteiger partial charge in [0, 0.05) is 12.1 Å². The molecule has 2 aromatic rings. The van der Waals surface area contributed by atoms with Crippen LogP contribution in [0.2, 0.25) is 0 Å². The summed E-state index contributed by atoms with van der Waals surface area (Å²) >= 11 is 0. The molecule has 21 heavy (non-hydrogen) atoms. The van der Waals surface area contributed by atoms with Crippen LogP contribution < -0.4 is 10.6 Å². The molecule has 0 saturated heterocycles. The van der Waals surface area contributed by atoms with Crippen LogP contribution >= 0.6 is 0 Å². The number of hydrogen-bond donors (Lipinski definition) is 3. The fourth-order valence-corrected chi connectivity index (χ4v) is 2.69. The molecule has 3 N–H and O–H groups in total. The van der Waals surface area contributed by atoms with Gasteiger partial charge in [0.15, 0.2) is 0 Å². The molecule has 0 aliphatic carbocycles. The number of nitrogens with one attached hydrogen (secondary N) is 2. The van der Waals surface area contributed by atoms with Crippen molar-refractivity contribution >= 4 is 11.6 Å². The van der Waals surface area contributed by atoms with Gasteiger partial charge < -0.3 is 15.7 Å². The molecule has 3 rings (SSSR count). The molecule has 0 atom stereocenters. The SMILES string of the molecule is Cc1cccc(NC(=O)c2cccc3c2CCNC3)c1O. The summed E-state index contributed by atoms with van der Waals surface area (Å²) in [4.78, 5) is 12.5. The zero-order valence-electron chi connectivity index (χ0n) is 11.9. The Hall–Kier alpha value is -2.33. The highest BCUT2D eigenvalue weighted by Crippen LogP contribution is 2.28. The zero-order chi connectivity index (χ0) is 14.8. The predicted molar refractivity (Wildman–Crippen MR) is 82.6 cm³/mol. The van der Waals surface area contributed by atoms with Crippen molar-refractivity contribution in [2.75, 3.05) is 11.9 Å². The molecular formula is C17H18N2O2. The Morgan fingerprint density at radius 2 is 2.05 bits per heavy atom. The largest absolute Gasteiger partial charge is 0.505 e.